The maximum Gasteiger partial charge on any atom is 0.325 e. The first kappa shape index (κ1) is 15.4. The van der Waals surface area contributed by atoms with Crippen molar-refractivity contribution < 1.29 is 19.1 Å². The van der Waals surface area contributed by atoms with E-state index in [1.165, 1.54) is 18.2 Å². The molecule has 1 aromatic rings. The van der Waals surface area contributed by atoms with Gasteiger partial charge < -0.3 is 10.4 Å². The maximum absolute atomic E-state index is 13.6. The molecule has 0 bridgehead atoms. The standard InChI is InChI=1S/C15H19FN2O3/c1-3-8-15(2)13(20)18(14(21)17-15)9-12(19)10-6-4-5-7-11(10)16/h4-7,12,19H,3,8-9H2,1-2H3,(H,17,21)/t12-,15-/m1/s1. The molecule has 1 fully saturated rings. The van der Waals surface area contributed by atoms with E-state index in [0.29, 0.717) is 6.42 Å². The van der Waals surface area contributed by atoms with Crippen LogP contribution in [0.4, 0.5) is 9.18 Å². The van der Waals surface area contributed by atoms with Crippen LogP contribution in [-0.2, 0) is 4.79 Å². The molecule has 1 aliphatic heterocycles. The van der Waals surface area contributed by atoms with E-state index in [4.69, 9.17) is 0 Å². The highest BCUT2D eigenvalue weighted by Gasteiger charge is 2.47. The Morgan fingerprint density at radius 3 is 2.67 bits per heavy atom. The molecular formula is C15H19FN2O3. The van der Waals surface area contributed by atoms with Crippen LogP contribution in [0.3, 0.4) is 0 Å². The van der Waals surface area contributed by atoms with Crippen molar-refractivity contribution in [2.24, 2.45) is 0 Å². The Labute approximate surface area is 122 Å². The number of β-amino-alcohol motifs (C(OH)–C–C–N with tert-alkyl or cyclic N) is 1. The van der Waals surface area contributed by atoms with Gasteiger partial charge in [-0.15, -0.1) is 0 Å². The molecule has 21 heavy (non-hydrogen) atoms. The molecule has 6 heteroatoms. The molecule has 0 aromatic heterocycles. The fraction of sp³-hybridized carbons (Fsp3) is 0.467. The van der Waals surface area contributed by atoms with Crippen LogP contribution in [0.5, 0.6) is 0 Å². The molecule has 1 aromatic carbocycles. The van der Waals surface area contributed by atoms with Crippen molar-refractivity contribution >= 4 is 11.9 Å². The molecule has 0 spiro atoms. The fourth-order valence-corrected chi connectivity index (χ4v) is 2.60. The Morgan fingerprint density at radius 1 is 1.38 bits per heavy atom. The second kappa shape index (κ2) is 5.81. The van der Waals surface area contributed by atoms with Crippen LogP contribution >= 0.6 is 0 Å². The van der Waals surface area contributed by atoms with Gasteiger partial charge in [0.05, 0.1) is 12.6 Å². The highest BCUT2D eigenvalue weighted by Crippen LogP contribution is 2.25. The van der Waals surface area contributed by atoms with Gasteiger partial charge in [0.25, 0.3) is 5.91 Å². The number of hydrogen-bond donors (Lipinski definition) is 2. The Kier molecular flexibility index (Phi) is 4.27. The van der Waals surface area contributed by atoms with Gasteiger partial charge in [0, 0.05) is 5.56 Å². The smallest absolute Gasteiger partial charge is 0.325 e. The summed E-state index contributed by atoms with van der Waals surface area (Å²) in [6, 6.07) is 5.22. The molecule has 5 nitrogen and oxygen atoms in total. The van der Waals surface area contributed by atoms with Crippen molar-refractivity contribution in [2.75, 3.05) is 6.54 Å². The minimum absolute atomic E-state index is 0.0715. The number of hydrogen-bond acceptors (Lipinski definition) is 3. The molecule has 3 amide bonds. The third kappa shape index (κ3) is 2.90. The summed E-state index contributed by atoms with van der Waals surface area (Å²) in [6.07, 6.45) is 0.0145. The number of benzene rings is 1. The number of urea groups is 1. The third-order valence-electron chi connectivity index (χ3n) is 3.71. The molecule has 0 saturated carbocycles. The average molecular weight is 294 g/mol. The summed E-state index contributed by atoms with van der Waals surface area (Å²) in [4.78, 5) is 25.2. The molecule has 1 saturated heterocycles. The number of rotatable bonds is 5. The minimum atomic E-state index is -1.25. The lowest BCUT2D eigenvalue weighted by Gasteiger charge is -2.22. The van der Waals surface area contributed by atoms with Crippen LogP contribution in [0.1, 0.15) is 38.4 Å². The van der Waals surface area contributed by atoms with E-state index < -0.39 is 23.5 Å². The lowest BCUT2D eigenvalue weighted by atomic mass is 9.96. The van der Waals surface area contributed by atoms with Crippen molar-refractivity contribution in [1.82, 2.24) is 10.2 Å². The quantitative estimate of drug-likeness (QED) is 0.816. The number of carbonyl (C=O) groups excluding carboxylic acids is 2. The number of halogens is 1. The first-order valence-electron chi connectivity index (χ1n) is 6.95. The van der Waals surface area contributed by atoms with Crippen molar-refractivity contribution in [2.45, 2.75) is 38.3 Å². The summed E-state index contributed by atoms with van der Waals surface area (Å²) in [5.41, 5.74) is -0.872. The first-order valence-corrected chi connectivity index (χ1v) is 6.95. The van der Waals surface area contributed by atoms with Gasteiger partial charge in [-0.2, -0.15) is 0 Å². The van der Waals surface area contributed by atoms with Gasteiger partial charge in [-0.3, -0.25) is 9.69 Å². The number of nitrogens with one attached hydrogen (secondary N) is 1. The van der Waals surface area contributed by atoms with Crippen LogP contribution in [-0.4, -0.2) is 34.0 Å². The summed E-state index contributed by atoms with van der Waals surface area (Å²) in [7, 11) is 0. The van der Waals surface area contributed by atoms with Crippen LogP contribution < -0.4 is 5.32 Å². The third-order valence-corrected chi connectivity index (χ3v) is 3.71. The van der Waals surface area contributed by atoms with Crippen LogP contribution in [0, 0.1) is 5.82 Å². The largest absolute Gasteiger partial charge is 0.386 e. The number of nitrogens with zero attached hydrogens (tertiary/aromatic N) is 1. The summed E-state index contributed by atoms with van der Waals surface area (Å²) in [5.74, 6) is -0.946. The molecule has 0 unspecified atom stereocenters. The van der Waals surface area contributed by atoms with Gasteiger partial charge >= 0.3 is 6.03 Å². The number of aliphatic hydroxyl groups excluding tert-OH is 1. The summed E-state index contributed by atoms with van der Waals surface area (Å²) >= 11 is 0. The van der Waals surface area contributed by atoms with E-state index in [1.807, 2.05) is 6.92 Å². The lowest BCUT2D eigenvalue weighted by Crippen LogP contribution is -2.44. The lowest BCUT2D eigenvalue weighted by molar-refractivity contribution is -0.132. The second-order valence-electron chi connectivity index (χ2n) is 5.47. The van der Waals surface area contributed by atoms with Gasteiger partial charge in [-0.25, -0.2) is 9.18 Å². The molecule has 2 rings (SSSR count). The molecule has 1 heterocycles. The van der Waals surface area contributed by atoms with E-state index in [0.717, 1.165) is 11.3 Å². The Morgan fingerprint density at radius 2 is 2.05 bits per heavy atom. The first-order chi connectivity index (χ1) is 9.89. The van der Waals surface area contributed by atoms with Crippen molar-refractivity contribution in [1.29, 1.82) is 0 Å². The summed E-state index contributed by atoms with van der Waals surface area (Å²) in [6.45, 7) is 3.32. The second-order valence-corrected chi connectivity index (χ2v) is 5.47. The molecule has 0 radical (unpaired) electrons. The van der Waals surface area contributed by atoms with Crippen molar-refractivity contribution in [3.63, 3.8) is 0 Å². The zero-order valence-electron chi connectivity index (χ0n) is 12.1. The predicted octanol–water partition coefficient (Wildman–Crippen LogP) is 1.97. The highest BCUT2D eigenvalue weighted by atomic mass is 19.1. The van der Waals surface area contributed by atoms with Crippen LogP contribution in [0.2, 0.25) is 0 Å². The molecule has 1 aliphatic rings. The van der Waals surface area contributed by atoms with Crippen LogP contribution in [0.15, 0.2) is 24.3 Å². The number of carbonyl (C=O) groups is 2. The predicted molar refractivity (Wildman–Crippen MR) is 74.9 cm³/mol. The monoisotopic (exact) mass is 294 g/mol. The normalized spacial score (nSPS) is 23.3. The van der Waals surface area contributed by atoms with Gasteiger partial charge in [-0.05, 0) is 19.4 Å². The van der Waals surface area contributed by atoms with Gasteiger partial charge in [0.1, 0.15) is 11.4 Å². The molecule has 114 valence electrons. The summed E-state index contributed by atoms with van der Waals surface area (Å²) in [5, 5.41) is 12.7. The highest BCUT2D eigenvalue weighted by molar-refractivity contribution is 6.06. The molecule has 2 atom stereocenters. The van der Waals surface area contributed by atoms with Crippen molar-refractivity contribution in [3.05, 3.63) is 35.6 Å². The number of amides is 3. The Hall–Kier alpha value is -1.95. The van der Waals surface area contributed by atoms with E-state index in [-0.39, 0.29) is 18.0 Å². The molecular weight excluding hydrogens is 275 g/mol. The van der Waals surface area contributed by atoms with E-state index in [2.05, 4.69) is 5.32 Å². The average Bonchev–Trinajstić information content (AvgIpc) is 2.63. The molecule has 2 N–H and O–H groups in total. The fourth-order valence-electron chi connectivity index (χ4n) is 2.60. The van der Waals surface area contributed by atoms with E-state index >= 15 is 0 Å². The Bertz CT molecular complexity index is 564. The van der Waals surface area contributed by atoms with Crippen molar-refractivity contribution in [3.8, 4) is 0 Å². The number of imide groups is 1. The topological polar surface area (TPSA) is 69.6 Å². The number of aliphatic hydroxyl groups is 1. The zero-order chi connectivity index (χ0) is 15.6. The summed E-state index contributed by atoms with van der Waals surface area (Å²) < 4.78 is 13.6. The van der Waals surface area contributed by atoms with Crippen LogP contribution in [0.25, 0.3) is 0 Å². The van der Waals surface area contributed by atoms with Gasteiger partial charge in [0.15, 0.2) is 0 Å². The van der Waals surface area contributed by atoms with Gasteiger partial charge in [0.2, 0.25) is 0 Å². The Balaban J connectivity index is 2.15. The van der Waals surface area contributed by atoms with Gasteiger partial charge in [-0.1, -0.05) is 31.5 Å². The minimum Gasteiger partial charge on any atom is -0.386 e. The molecule has 0 aliphatic carbocycles. The maximum atomic E-state index is 13.6. The van der Waals surface area contributed by atoms with E-state index in [9.17, 15) is 19.1 Å². The van der Waals surface area contributed by atoms with E-state index in [1.54, 1.807) is 13.0 Å². The SMILES string of the molecule is CCC[C@@]1(C)NC(=O)N(C[C@@H](O)c2ccccc2F)C1=O. The zero-order valence-corrected chi connectivity index (χ0v) is 12.1.